The molecule has 1 N–H and O–H groups in total. The minimum Gasteiger partial charge on any atom is -0.478 e. The molecule has 0 radical (unpaired) electrons. The first-order chi connectivity index (χ1) is 10.9. The van der Waals surface area contributed by atoms with Gasteiger partial charge in [0.05, 0.1) is 37.6 Å². The van der Waals surface area contributed by atoms with E-state index in [0.717, 1.165) is 12.1 Å². The average molecular weight is 322 g/mol. The molecular formula is C14H18N4O3S. The smallest absolute Gasteiger partial charge is 0.257 e. The van der Waals surface area contributed by atoms with Crippen LogP contribution >= 0.6 is 11.3 Å². The maximum absolute atomic E-state index is 5.95. The summed E-state index contributed by atoms with van der Waals surface area (Å²) in [5, 5.41) is 5.34. The van der Waals surface area contributed by atoms with Crippen LogP contribution in [0.2, 0.25) is 0 Å². The normalized spacial score (nSPS) is 21.5. The molecule has 3 heterocycles. The van der Waals surface area contributed by atoms with Crippen LogP contribution < -0.4 is 10.1 Å². The maximum Gasteiger partial charge on any atom is 0.257 e. The molecule has 2 aromatic rings. The first-order valence-electron chi connectivity index (χ1n) is 7.04. The largest absolute Gasteiger partial charge is 0.478 e. The first kappa shape index (κ1) is 15.1. The third-order valence-corrected chi connectivity index (χ3v) is 4.05. The molecule has 0 aromatic carbocycles. The predicted molar refractivity (Wildman–Crippen MR) is 82.1 cm³/mol. The van der Waals surface area contributed by atoms with Crippen molar-refractivity contribution in [1.82, 2.24) is 15.0 Å². The van der Waals surface area contributed by atoms with Crippen LogP contribution in [0.5, 0.6) is 5.88 Å². The zero-order valence-electron chi connectivity index (χ0n) is 12.3. The van der Waals surface area contributed by atoms with Crippen LogP contribution in [0.15, 0.2) is 23.3 Å². The van der Waals surface area contributed by atoms with Gasteiger partial charge in [0.15, 0.2) is 5.82 Å². The van der Waals surface area contributed by atoms with E-state index in [1.54, 1.807) is 36.4 Å². The Morgan fingerprint density at radius 3 is 3.09 bits per heavy atom. The highest BCUT2D eigenvalue weighted by atomic mass is 32.1. The second-order valence-electron chi connectivity index (χ2n) is 4.86. The lowest BCUT2D eigenvalue weighted by Crippen LogP contribution is -2.43. The number of hydrogen-bond donors (Lipinski definition) is 1. The molecule has 118 valence electrons. The Balaban J connectivity index is 1.64. The molecule has 2 aromatic heterocycles. The maximum atomic E-state index is 5.95. The highest BCUT2D eigenvalue weighted by molar-refractivity contribution is 7.07. The lowest BCUT2D eigenvalue weighted by Gasteiger charge is -2.32. The molecule has 22 heavy (non-hydrogen) atoms. The monoisotopic (exact) mass is 322 g/mol. The van der Waals surface area contributed by atoms with Crippen molar-refractivity contribution in [1.29, 1.82) is 0 Å². The van der Waals surface area contributed by atoms with Gasteiger partial charge in [0.2, 0.25) is 0 Å². The van der Waals surface area contributed by atoms with Gasteiger partial charge in [-0.25, -0.2) is 15.0 Å². The third-order valence-electron chi connectivity index (χ3n) is 3.41. The van der Waals surface area contributed by atoms with Gasteiger partial charge >= 0.3 is 0 Å². The Bertz CT molecular complexity index is 581. The number of ether oxygens (including phenoxy) is 3. The fraction of sp³-hybridized carbons (Fsp3) is 0.500. The molecule has 1 saturated heterocycles. The highest BCUT2D eigenvalue weighted by Gasteiger charge is 2.28. The lowest BCUT2D eigenvalue weighted by molar-refractivity contribution is -0.0644. The Morgan fingerprint density at radius 2 is 2.27 bits per heavy atom. The zero-order chi connectivity index (χ0) is 15.2. The number of nitrogens with one attached hydrogen (secondary N) is 1. The molecule has 1 aliphatic heterocycles. The van der Waals surface area contributed by atoms with Crippen LogP contribution in [-0.4, -0.2) is 47.4 Å². The fourth-order valence-electron chi connectivity index (χ4n) is 2.29. The Hall–Kier alpha value is -1.77. The zero-order valence-corrected chi connectivity index (χ0v) is 13.1. The van der Waals surface area contributed by atoms with E-state index < -0.39 is 0 Å². The van der Waals surface area contributed by atoms with Gasteiger partial charge in [-0.3, -0.25) is 0 Å². The predicted octanol–water partition coefficient (Wildman–Crippen LogP) is 1.73. The minimum atomic E-state index is -0.0674. The summed E-state index contributed by atoms with van der Waals surface area (Å²) in [6.07, 6.45) is 4.00. The van der Waals surface area contributed by atoms with Gasteiger partial charge in [-0.05, 0) is 6.42 Å². The van der Waals surface area contributed by atoms with E-state index in [4.69, 9.17) is 14.2 Å². The summed E-state index contributed by atoms with van der Waals surface area (Å²) < 4.78 is 16.7. The van der Waals surface area contributed by atoms with Gasteiger partial charge in [-0.15, -0.1) is 11.3 Å². The van der Waals surface area contributed by atoms with Gasteiger partial charge < -0.3 is 19.5 Å². The summed E-state index contributed by atoms with van der Waals surface area (Å²) in [5.74, 6) is 1.10. The van der Waals surface area contributed by atoms with E-state index in [-0.39, 0.29) is 12.1 Å². The van der Waals surface area contributed by atoms with Crippen molar-refractivity contribution in [3.8, 4) is 5.88 Å². The highest BCUT2D eigenvalue weighted by Crippen LogP contribution is 2.22. The van der Waals surface area contributed by atoms with Crippen LogP contribution in [0.4, 0.5) is 5.82 Å². The molecule has 0 aliphatic carbocycles. The summed E-state index contributed by atoms with van der Waals surface area (Å²) in [6, 6.07) is 0.0954. The third kappa shape index (κ3) is 3.70. The number of hydrogen-bond acceptors (Lipinski definition) is 8. The van der Waals surface area contributed by atoms with Gasteiger partial charge in [-0.1, -0.05) is 0 Å². The molecule has 1 fully saturated rings. The van der Waals surface area contributed by atoms with Gasteiger partial charge in [0.25, 0.3) is 5.88 Å². The molecule has 0 amide bonds. The molecule has 1 aliphatic rings. The number of methoxy groups -OCH3 is 1. The first-order valence-corrected chi connectivity index (χ1v) is 7.99. The summed E-state index contributed by atoms with van der Waals surface area (Å²) in [6.45, 7) is 1.72. The van der Waals surface area contributed by atoms with Gasteiger partial charge in [-0.2, -0.15) is 0 Å². The minimum absolute atomic E-state index is 0.0674. The van der Waals surface area contributed by atoms with E-state index in [0.29, 0.717) is 31.5 Å². The molecule has 0 bridgehead atoms. The summed E-state index contributed by atoms with van der Waals surface area (Å²) >= 11 is 1.56. The molecule has 2 atom stereocenters. The fourth-order valence-corrected chi connectivity index (χ4v) is 2.83. The molecule has 0 saturated carbocycles. The van der Waals surface area contributed by atoms with Crippen LogP contribution in [0.1, 0.15) is 12.1 Å². The van der Waals surface area contributed by atoms with Crippen LogP contribution in [-0.2, 0) is 16.1 Å². The molecule has 7 nitrogen and oxygen atoms in total. The van der Waals surface area contributed by atoms with Crippen molar-refractivity contribution < 1.29 is 14.2 Å². The molecular weight excluding hydrogens is 304 g/mol. The van der Waals surface area contributed by atoms with Crippen LogP contribution in [0.25, 0.3) is 0 Å². The molecule has 0 unspecified atom stereocenters. The molecule has 0 spiro atoms. The van der Waals surface area contributed by atoms with Crippen molar-refractivity contribution in [3.63, 3.8) is 0 Å². The van der Waals surface area contributed by atoms with Gasteiger partial charge in [0, 0.05) is 24.4 Å². The number of anilines is 1. The van der Waals surface area contributed by atoms with Crippen molar-refractivity contribution >= 4 is 17.2 Å². The topological polar surface area (TPSA) is 78.4 Å². The second-order valence-corrected chi connectivity index (χ2v) is 5.58. The molecule has 8 heteroatoms. The Labute approximate surface area is 132 Å². The van der Waals surface area contributed by atoms with Crippen LogP contribution in [0.3, 0.4) is 0 Å². The van der Waals surface area contributed by atoms with Crippen molar-refractivity contribution in [2.75, 3.05) is 25.6 Å². The van der Waals surface area contributed by atoms with Crippen molar-refractivity contribution in [3.05, 3.63) is 29.0 Å². The average Bonchev–Trinajstić information content (AvgIpc) is 3.08. The number of nitrogens with zero attached hydrogens (tertiary/aromatic N) is 3. The van der Waals surface area contributed by atoms with Crippen molar-refractivity contribution in [2.24, 2.45) is 0 Å². The standard InChI is InChI=1S/C14H18N4O3S/c1-19-14-13(15-3-4-16-14)18-11-2-5-20-7-12(11)21-6-10-8-22-9-17-10/h3-4,8-9,11-12H,2,5-7H2,1H3,(H,15,18)/t11-,12-/m1/s1. The van der Waals surface area contributed by atoms with E-state index in [9.17, 15) is 0 Å². The van der Waals surface area contributed by atoms with Crippen molar-refractivity contribution in [2.45, 2.75) is 25.2 Å². The van der Waals surface area contributed by atoms with E-state index >= 15 is 0 Å². The van der Waals surface area contributed by atoms with Crippen LogP contribution in [0, 0.1) is 0 Å². The number of rotatable bonds is 6. The number of aromatic nitrogens is 3. The second kappa shape index (κ2) is 7.48. The summed E-state index contributed by atoms with van der Waals surface area (Å²) in [5.41, 5.74) is 2.74. The summed E-state index contributed by atoms with van der Waals surface area (Å²) in [7, 11) is 1.58. The molecule has 3 rings (SSSR count). The Kier molecular flexibility index (Phi) is 5.15. The number of thiazole rings is 1. The van der Waals surface area contributed by atoms with E-state index in [2.05, 4.69) is 20.3 Å². The SMILES string of the molecule is COc1nccnc1N[C@@H]1CCOC[C@H]1OCc1cscn1. The van der Waals surface area contributed by atoms with E-state index in [1.165, 1.54) is 0 Å². The van der Waals surface area contributed by atoms with Gasteiger partial charge in [0.1, 0.15) is 6.10 Å². The summed E-state index contributed by atoms with van der Waals surface area (Å²) in [4.78, 5) is 12.7. The lowest BCUT2D eigenvalue weighted by atomic mass is 10.1. The van der Waals surface area contributed by atoms with E-state index in [1.807, 2.05) is 5.38 Å². The Morgan fingerprint density at radius 1 is 1.36 bits per heavy atom. The quantitative estimate of drug-likeness (QED) is 0.867.